The number of methoxy groups -OCH3 is 1. The van der Waals surface area contributed by atoms with E-state index in [2.05, 4.69) is 38.1 Å². The number of ether oxygens (including phenoxy) is 3. The van der Waals surface area contributed by atoms with E-state index in [4.69, 9.17) is 14.2 Å². The molecule has 1 aliphatic rings. The maximum absolute atomic E-state index is 5.99. The molecule has 2 aromatic rings. The van der Waals surface area contributed by atoms with Crippen LogP contribution in [0.4, 0.5) is 0 Å². The van der Waals surface area contributed by atoms with Crippen molar-refractivity contribution >= 4 is 0 Å². The molecule has 0 aromatic heterocycles. The lowest BCUT2D eigenvalue weighted by molar-refractivity contribution is -0.152. The zero-order valence-electron chi connectivity index (χ0n) is 14.7. The highest BCUT2D eigenvalue weighted by atomic mass is 16.5. The highest BCUT2D eigenvalue weighted by Crippen LogP contribution is 2.41. The fourth-order valence-corrected chi connectivity index (χ4v) is 3.64. The van der Waals surface area contributed by atoms with Crippen molar-refractivity contribution in [3.8, 4) is 5.75 Å². The molecule has 0 N–H and O–H groups in total. The highest BCUT2D eigenvalue weighted by molar-refractivity contribution is 5.33. The second-order valence-electron chi connectivity index (χ2n) is 6.67. The van der Waals surface area contributed by atoms with Crippen molar-refractivity contribution in [3.63, 3.8) is 0 Å². The van der Waals surface area contributed by atoms with Gasteiger partial charge in [-0.3, -0.25) is 0 Å². The Hall–Kier alpha value is -1.84. The van der Waals surface area contributed by atoms with E-state index in [-0.39, 0.29) is 17.8 Å². The molecule has 3 nitrogen and oxygen atoms in total. The second kappa shape index (κ2) is 7.37. The molecule has 128 valence electrons. The third-order valence-corrected chi connectivity index (χ3v) is 4.70. The van der Waals surface area contributed by atoms with Crippen LogP contribution in [0.3, 0.4) is 0 Å². The SMILES string of the molecule is COC1(c2cccc(OCc3ccccc3)c2)CC(C)OC(C)C1. The molecule has 2 atom stereocenters. The molecule has 3 rings (SSSR count). The quantitative estimate of drug-likeness (QED) is 0.797. The fourth-order valence-electron chi connectivity index (χ4n) is 3.64. The van der Waals surface area contributed by atoms with Gasteiger partial charge in [0, 0.05) is 20.0 Å². The Balaban J connectivity index is 1.78. The molecule has 0 bridgehead atoms. The standard InChI is InChI=1S/C21H26O3/c1-16-13-21(22-3,14-17(2)24-16)19-10-7-11-20(12-19)23-15-18-8-5-4-6-9-18/h4-12,16-17H,13-15H2,1-3H3. The van der Waals surface area contributed by atoms with Gasteiger partial charge in [0.15, 0.2) is 0 Å². The first-order valence-corrected chi connectivity index (χ1v) is 8.59. The van der Waals surface area contributed by atoms with E-state index in [0.717, 1.165) is 29.7 Å². The largest absolute Gasteiger partial charge is 0.489 e. The average molecular weight is 326 g/mol. The first kappa shape index (κ1) is 17.0. The van der Waals surface area contributed by atoms with E-state index < -0.39 is 0 Å². The summed E-state index contributed by atoms with van der Waals surface area (Å²) < 4.78 is 17.9. The van der Waals surface area contributed by atoms with E-state index >= 15 is 0 Å². The van der Waals surface area contributed by atoms with Crippen LogP contribution in [0, 0.1) is 0 Å². The summed E-state index contributed by atoms with van der Waals surface area (Å²) in [4.78, 5) is 0. The van der Waals surface area contributed by atoms with E-state index in [1.807, 2.05) is 30.3 Å². The van der Waals surface area contributed by atoms with Gasteiger partial charge in [-0.05, 0) is 37.1 Å². The molecule has 2 unspecified atom stereocenters. The Bertz CT molecular complexity index is 643. The Kier molecular flexibility index (Phi) is 5.22. The molecular weight excluding hydrogens is 300 g/mol. The predicted octanol–water partition coefficient (Wildman–Crippen LogP) is 4.69. The molecule has 0 spiro atoms. The summed E-state index contributed by atoms with van der Waals surface area (Å²) in [7, 11) is 1.79. The first-order chi connectivity index (χ1) is 11.6. The minimum atomic E-state index is -0.302. The Morgan fingerprint density at radius 1 is 1.00 bits per heavy atom. The lowest BCUT2D eigenvalue weighted by atomic mass is 9.81. The van der Waals surface area contributed by atoms with E-state index in [0.29, 0.717) is 6.61 Å². The van der Waals surface area contributed by atoms with Gasteiger partial charge < -0.3 is 14.2 Å². The van der Waals surface area contributed by atoms with Crippen LogP contribution >= 0.6 is 0 Å². The molecule has 1 saturated heterocycles. The third-order valence-electron chi connectivity index (χ3n) is 4.70. The summed E-state index contributed by atoms with van der Waals surface area (Å²) in [5.41, 5.74) is 2.03. The van der Waals surface area contributed by atoms with Crippen molar-refractivity contribution in [2.24, 2.45) is 0 Å². The minimum Gasteiger partial charge on any atom is -0.489 e. The maximum atomic E-state index is 5.99. The van der Waals surface area contributed by atoms with Crippen molar-refractivity contribution in [3.05, 3.63) is 65.7 Å². The van der Waals surface area contributed by atoms with E-state index in [9.17, 15) is 0 Å². The van der Waals surface area contributed by atoms with Gasteiger partial charge in [0.1, 0.15) is 12.4 Å². The van der Waals surface area contributed by atoms with Gasteiger partial charge in [0.05, 0.1) is 17.8 Å². The highest BCUT2D eigenvalue weighted by Gasteiger charge is 2.40. The van der Waals surface area contributed by atoms with Crippen LogP contribution < -0.4 is 4.74 Å². The van der Waals surface area contributed by atoms with Crippen LogP contribution in [0.2, 0.25) is 0 Å². The Morgan fingerprint density at radius 3 is 2.38 bits per heavy atom. The fraction of sp³-hybridized carbons (Fsp3) is 0.429. The molecule has 1 aliphatic heterocycles. The topological polar surface area (TPSA) is 27.7 Å². The zero-order valence-corrected chi connectivity index (χ0v) is 14.7. The minimum absolute atomic E-state index is 0.183. The van der Waals surface area contributed by atoms with Crippen LogP contribution in [0.5, 0.6) is 5.75 Å². The van der Waals surface area contributed by atoms with Crippen molar-refractivity contribution in [1.82, 2.24) is 0 Å². The summed E-state index contributed by atoms with van der Waals surface area (Å²) in [5, 5.41) is 0. The van der Waals surface area contributed by atoms with Gasteiger partial charge in [-0.2, -0.15) is 0 Å². The van der Waals surface area contributed by atoms with Gasteiger partial charge in [-0.15, -0.1) is 0 Å². The third kappa shape index (κ3) is 3.80. The van der Waals surface area contributed by atoms with E-state index in [1.165, 1.54) is 0 Å². The number of rotatable bonds is 5. The van der Waals surface area contributed by atoms with Crippen molar-refractivity contribution in [2.45, 2.75) is 51.1 Å². The number of benzene rings is 2. The van der Waals surface area contributed by atoms with Crippen molar-refractivity contribution < 1.29 is 14.2 Å². The van der Waals surface area contributed by atoms with Gasteiger partial charge in [0.2, 0.25) is 0 Å². The predicted molar refractivity (Wildman–Crippen MR) is 95.1 cm³/mol. The number of hydrogen-bond donors (Lipinski definition) is 0. The van der Waals surface area contributed by atoms with Gasteiger partial charge in [-0.1, -0.05) is 42.5 Å². The summed E-state index contributed by atoms with van der Waals surface area (Å²) in [6, 6.07) is 18.5. The van der Waals surface area contributed by atoms with Crippen LogP contribution in [-0.4, -0.2) is 19.3 Å². The number of hydrogen-bond acceptors (Lipinski definition) is 3. The maximum Gasteiger partial charge on any atom is 0.120 e. The molecule has 1 heterocycles. The zero-order chi connectivity index (χ0) is 17.0. The summed E-state index contributed by atoms with van der Waals surface area (Å²) in [5.74, 6) is 0.875. The summed E-state index contributed by atoms with van der Waals surface area (Å²) in [6.45, 7) is 4.79. The normalized spacial score (nSPS) is 27.0. The molecule has 24 heavy (non-hydrogen) atoms. The van der Waals surface area contributed by atoms with Crippen LogP contribution in [0.1, 0.15) is 37.8 Å². The van der Waals surface area contributed by atoms with Crippen molar-refractivity contribution in [1.29, 1.82) is 0 Å². The summed E-state index contributed by atoms with van der Waals surface area (Å²) in [6.07, 6.45) is 2.08. The van der Waals surface area contributed by atoms with E-state index in [1.54, 1.807) is 7.11 Å². The van der Waals surface area contributed by atoms with Crippen LogP contribution in [0.25, 0.3) is 0 Å². The molecule has 0 aliphatic carbocycles. The van der Waals surface area contributed by atoms with Crippen LogP contribution in [0.15, 0.2) is 54.6 Å². The van der Waals surface area contributed by atoms with Crippen molar-refractivity contribution in [2.75, 3.05) is 7.11 Å². The van der Waals surface area contributed by atoms with Gasteiger partial charge >= 0.3 is 0 Å². The average Bonchev–Trinajstić information content (AvgIpc) is 2.60. The molecule has 0 amide bonds. The summed E-state index contributed by atoms with van der Waals surface area (Å²) >= 11 is 0. The second-order valence-corrected chi connectivity index (χ2v) is 6.67. The molecule has 1 fully saturated rings. The van der Waals surface area contributed by atoms with Gasteiger partial charge in [-0.25, -0.2) is 0 Å². The lowest BCUT2D eigenvalue weighted by Gasteiger charge is -2.42. The van der Waals surface area contributed by atoms with Gasteiger partial charge in [0.25, 0.3) is 0 Å². The monoisotopic (exact) mass is 326 g/mol. The molecule has 0 radical (unpaired) electrons. The molecule has 0 saturated carbocycles. The lowest BCUT2D eigenvalue weighted by Crippen LogP contribution is -2.42. The first-order valence-electron chi connectivity index (χ1n) is 8.59. The Labute approximate surface area is 144 Å². The van der Waals surface area contributed by atoms with Crippen LogP contribution in [-0.2, 0) is 21.7 Å². The smallest absolute Gasteiger partial charge is 0.120 e. The molecule has 3 heteroatoms. The Morgan fingerprint density at radius 2 is 1.71 bits per heavy atom. The molecule has 2 aromatic carbocycles. The molecular formula is C21H26O3.